The van der Waals surface area contributed by atoms with Gasteiger partial charge in [-0.25, -0.2) is 0 Å². The van der Waals surface area contributed by atoms with Crippen molar-refractivity contribution in [3.63, 3.8) is 0 Å². The predicted molar refractivity (Wildman–Crippen MR) is 237 cm³/mol. The Morgan fingerprint density at radius 2 is 1.39 bits per heavy atom. The number of alkyl halides is 9. The van der Waals surface area contributed by atoms with Crippen molar-refractivity contribution in [3.05, 3.63) is 43.2 Å². The molecule has 368 valence electrons. The van der Waals surface area contributed by atoms with Crippen LogP contribution in [0.15, 0.2) is 18.2 Å². The molecular formula is C45H79F9O5S2U. The van der Waals surface area contributed by atoms with E-state index in [1.807, 2.05) is 27.7 Å². The maximum atomic E-state index is 13.0. The monoisotopic (exact) mass is 1170 g/mol. The molecule has 2 fully saturated rings. The number of aryl methyl sites for hydroxylation is 1. The van der Waals surface area contributed by atoms with E-state index < -0.39 is 37.2 Å². The maximum Gasteiger partial charge on any atom is 2.00 e. The van der Waals surface area contributed by atoms with Gasteiger partial charge in [0.2, 0.25) is 0 Å². The van der Waals surface area contributed by atoms with E-state index in [1.54, 1.807) is 14.2 Å². The molecule has 17 heteroatoms. The molecule has 5 atom stereocenters. The molecule has 4 rings (SSSR count). The van der Waals surface area contributed by atoms with E-state index in [2.05, 4.69) is 51.5 Å². The summed E-state index contributed by atoms with van der Waals surface area (Å²) in [7, 11) is 7.31. The van der Waals surface area contributed by atoms with Gasteiger partial charge in [0, 0.05) is 32.5 Å². The summed E-state index contributed by atoms with van der Waals surface area (Å²) >= 11 is 0. The van der Waals surface area contributed by atoms with Crippen LogP contribution in [-0.4, -0.2) is 88.0 Å². The molecule has 0 spiro atoms. The van der Waals surface area contributed by atoms with Crippen LogP contribution in [0.3, 0.4) is 0 Å². The zero-order valence-electron chi connectivity index (χ0n) is 33.6. The minimum absolute atomic E-state index is 0. The number of benzene rings is 1. The molecule has 0 heterocycles. The van der Waals surface area contributed by atoms with Crippen LogP contribution < -0.4 is 4.74 Å². The summed E-state index contributed by atoms with van der Waals surface area (Å²) in [5.41, 5.74) is -3.89. The molecule has 1 aromatic carbocycles. The Bertz CT molecular complexity index is 1290. The van der Waals surface area contributed by atoms with Gasteiger partial charge < -0.3 is 37.5 Å². The molecule has 1 aromatic rings. The number of hydrogen-bond donors (Lipinski definition) is 0. The van der Waals surface area contributed by atoms with Gasteiger partial charge in [0.1, 0.15) is 5.75 Å². The van der Waals surface area contributed by atoms with Crippen molar-refractivity contribution in [2.45, 2.75) is 163 Å². The fourth-order valence-electron chi connectivity index (χ4n) is 8.71. The van der Waals surface area contributed by atoms with E-state index in [9.17, 15) is 39.5 Å². The molecule has 3 aliphatic rings. The number of ether oxygens (including phenoxy) is 5. The number of hydrogen-bond acceptors (Lipinski definition) is 7. The Hall–Kier alpha value is -0.0181. The second-order valence-corrected chi connectivity index (χ2v) is 19.0. The Morgan fingerprint density at radius 3 is 1.90 bits per heavy atom. The van der Waals surface area contributed by atoms with Crippen LogP contribution in [0.25, 0.3) is 0 Å². The molecule has 5 unspecified atom stereocenters. The SMILES string of the molecule is C.C.C.C.C.[CH2-]C(C)(C)SSCCCCC(COC)COC.[CH2-]COc1ccc2c(c1)CCC1C2CCC2(C)C(OCCCOC(C(F)(F)F)(C(F)(F)F)C(F)(F)F)CCC12.[U+2]. The fraction of sp³-hybridized carbons (Fsp3) is 0.822. The van der Waals surface area contributed by atoms with Gasteiger partial charge in [-0.05, 0) is 111 Å². The molecule has 3 aliphatic carbocycles. The number of unbranched alkanes of at least 4 members (excludes halogenated alkanes) is 1. The molecule has 0 aliphatic heterocycles. The Labute approximate surface area is 401 Å². The zero-order valence-corrected chi connectivity index (χ0v) is 39.4. The summed E-state index contributed by atoms with van der Waals surface area (Å²) in [6.07, 6.45) is -12.1. The summed E-state index contributed by atoms with van der Waals surface area (Å²) in [6, 6.07) is 6.14. The molecule has 0 saturated heterocycles. The van der Waals surface area contributed by atoms with Crippen LogP contribution in [0.2, 0.25) is 0 Å². The van der Waals surface area contributed by atoms with Gasteiger partial charge in [-0.2, -0.15) is 39.5 Å². The van der Waals surface area contributed by atoms with E-state index in [0.29, 0.717) is 36.7 Å². The Balaban J connectivity index is -0.000000633. The molecule has 2 saturated carbocycles. The van der Waals surface area contributed by atoms with Gasteiger partial charge in [0.25, 0.3) is 0 Å². The molecule has 0 bridgehead atoms. The average Bonchev–Trinajstić information content (AvgIpc) is 3.42. The van der Waals surface area contributed by atoms with Crippen molar-refractivity contribution in [1.29, 1.82) is 0 Å². The first kappa shape index (κ1) is 68.6. The predicted octanol–water partition coefficient (Wildman–Crippen LogP) is 15.2. The third-order valence-electron chi connectivity index (χ3n) is 11.2. The normalized spacial score (nSPS) is 22.0. The van der Waals surface area contributed by atoms with Crippen LogP contribution in [0.4, 0.5) is 39.5 Å². The van der Waals surface area contributed by atoms with Crippen LogP contribution in [0.1, 0.15) is 133 Å². The smallest absolute Gasteiger partial charge is 0.525 e. The van der Waals surface area contributed by atoms with Gasteiger partial charge >= 0.3 is 55.2 Å². The van der Waals surface area contributed by atoms with Crippen LogP contribution in [0, 0.1) is 68.1 Å². The van der Waals surface area contributed by atoms with E-state index in [0.717, 1.165) is 51.1 Å². The molecular weight excluding hydrogens is 1090 g/mol. The first-order valence-electron chi connectivity index (χ1n) is 19.2. The van der Waals surface area contributed by atoms with Crippen molar-refractivity contribution in [3.8, 4) is 5.75 Å². The standard InChI is InChI=1S/C27H32F9O3.C13H27O2S2.5CH4.U/c1-3-37-17-6-8-18-16(15-17)5-7-20-19(18)11-12-23(2)21(20)9-10-22(23)38-13-4-14-39-24(25(28,29)30,26(31,32)33)27(34,35)36;1-13(2,3)17-16-9-7-6-8-12(10-14-4)11-15-5;;;;;;/h6,8,15,19-22H,1,3-5,7,9-14H2,2H3;12H,1,6-11H2,2-5H3;5*1H4;/q2*-1;;;;;;+2. The van der Waals surface area contributed by atoms with E-state index >= 15 is 0 Å². The molecule has 0 amide bonds. The third kappa shape index (κ3) is 17.9. The van der Waals surface area contributed by atoms with E-state index in [-0.39, 0.29) is 91.1 Å². The summed E-state index contributed by atoms with van der Waals surface area (Å²) in [5.74, 6) is 3.67. The van der Waals surface area contributed by atoms with Gasteiger partial charge in [-0.1, -0.05) is 81.2 Å². The Morgan fingerprint density at radius 1 is 0.806 bits per heavy atom. The van der Waals surface area contributed by atoms with E-state index in [1.165, 1.54) is 36.1 Å². The quantitative estimate of drug-likeness (QED) is 0.0592. The molecule has 0 radical (unpaired) electrons. The average molecular weight is 1170 g/mol. The second kappa shape index (κ2) is 29.7. The van der Waals surface area contributed by atoms with Gasteiger partial charge in [0.05, 0.1) is 25.9 Å². The summed E-state index contributed by atoms with van der Waals surface area (Å²) in [6.45, 7) is 14.4. The Kier molecular flexibility index (Phi) is 32.8. The summed E-state index contributed by atoms with van der Waals surface area (Å²) in [5, 5.41) is 0. The van der Waals surface area contributed by atoms with Crippen molar-refractivity contribution in [2.24, 2.45) is 23.2 Å². The van der Waals surface area contributed by atoms with Crippen molar-refractivity contribution >= 4 is 21.6 Å². The van der Waals surface area contributed by atoms with Crippen LogP contribution in [-0.2, 0) is 25.4 Å². The van der Waals surface area contributed by atoms with Crippen LogP contribution in [0.5, 0.6) is 5.75 Å². The third-order valence-corrected chi connectivity index (χ3v) is 14.4. The van der Waals surface area contributed by atoms with Crippen molar-refractivity contribution < 1.29 is 94.3 Å². The summed E-state index contributed by atoms with van der Waals surface area (Å²) < 4.78 is 143. The first-order chi connectivity index (χ1) is 26.1. The largest absolute Gasteiger partial charge is 2.00 e. The second-order valence-electron chi connectivity index (χ2n) is 15.9. The molecule has 0 N–H and O–H groups in total. The fourth-order valence-corrected chi connectivity index (χ4v) is 11.0. The maximum absolute atomic E-state index is 13.0. The molecule has 0 aromatic heterocycles. The number of rotatable bonds is 19. The number of halogens is 9. The number of fused-ring (bicyclic) bond motifs is 5. The molecule has 62 heavy (non-hydrogen) atoms. The minimum Gasteiger partial charge on any atom is -0.525 e. The van der Waals surface area contributed by atoms with E-state index in [4.69, 9.17) is 18.9 Å². The van der Waals surface area contributed by atoms with Crippen molar-refractivity contribution in [1.82, 2.24) is 0 Å². The van der Waals surface area contributed by atoms with Gasteiger partial charge in [-0.15, -0.1) is 15.5 Å². The van der Waals surface area contributed by atoms with Crippen LogP contribution >= 0.6 is 21.6 Å². The summed E-state index contributed by atoms with van der Waals surface area (Å²) in [4.78, 5) is 0. The van der Waals surface area contributed by atoms with Gasteiger partial charge in [-0.3, -0.25) is 0 Å². The van der Waals surface area contributed by atoms with Gasteiger partial charge in [0.15, 0.2) is 0 Å². The zero-order chi connectivity index (χ0) is 42.0. The molecule has 5 nitrogen and oxygen atoms in total. The minimum atomic E-state index is -6.73. The topological polar surface area (TPSA) is 46.2 Å². The number of methoxy groups -OCH3 is 2. The van der Waals surface area contributed by atoms with Crippen molar-refractivity contribution in [2.75, 3.05) is 53.0 Å². The first-order valence-corrected chi connectivity index (χ1v) is 21.5.